The lowest BCUT2D eigenvalue weighted by atomic mass is 10.0. The second-order valence-electron chi connectivity index (χ2n) is 10.5. The van der Waals surface area contributed by atoms with Crippen LogP contribution in [-0.2, 0) is 4.74 Å². The first-order valence-corrected chi connectivity index (χ1v) is 12.5. The van der Waals surface area contributed by atoms with Crippen LogP contribution >= 0.6 is 24.0 Å². The zero-order valence-corrected chi connectivity index (χ0v) is 23.3. The monoisotopic (exact) mass is 563 g/mol. The smallest absolute Gasteiger partial charge is 0.410 e. The number of guanidine groups is 1. The average Bonchev–Trinajstić information content (AvgIpc) is 3.43. The Morgan fingerprint density at radius 1 is 1.06 bits per heavy atom. The molecule has 0 aromatic carbocycles. The highest BCUT2D eigenvalue weighted by Gasteiger charge is 2.35. The van der Waals surface area contributed by atoms with Crippen LogP contribution in [0, 0.1) is 11.8 Å². The first kappa shape index (κ1) is 27.5. The van der Waals surface area contributed by atoms with Crippen LogP contribution in [0.5, 0.6) is 0 Å². The molecule has 1 saturated carbocycles. The fourth-order valence-corrected chi connectivity index (χ4v) is 4.65. The van der Waals surface area contributed by atoms with E-state index in [-0.39, 0.29) is 36.1 Å². The molecule has 1 amide bonds. The number of carbonyl (C=O) groups is 1. The first-order valence-electron chi connectivity index (χ1n) is 12.5. The molecular formula is C24H46IN5O2. The minimum Gasteiger partial charge on any atom is -0.444 e. The molecule has 0 spiro atoms. The number of likely N-dealkylation sites (tertiary alicyclic amines) is 2. The van der Waals surface area contributed by atoms with Crippen LogP contribution in [0.3, 0.4) is 0 Å². The molecule has 0 radical (unpaired) electrons. The van der Waals surface area contributed by atoms with Crippen LogP contribution in [0.2, 0.25) is 0 Å². The zero-order chi connectivity index (χ0) is 22.4. The summed E-state index contributed by atoms with van der Waals surface area (Å²) in [4.78, 5) is 24.8. The van der Waals surface area contributed by atoms with Gasteiger partial charge < -0.3 is 24.8 Å². The number of rotatable bonds is 7. The van der Waals surface area contributed by atoms with Gasteiger partial charge in [0.1, 0.15) is 5.60 Å². The summed E-state index contributed by atoms with van der Waals surface area (Å²) in [5, 5.41) is 3.50. The quantitative estimate of drug-likeness (QED) is 0.288. The fraction of sp³-hybridized carbons (Fsp3) is 0.917. The van der Waals surface area contributed by atoms with Gasteiger partial charge in [0.2, 0.25) is 0 Å². The zero-order valence-electron chi connectivity index (χ0n) is 20.9. The molecule has 3 fully saturated rings. The summed E-state index contributed by atoms with van der Waals surface area (Å²) in [5.74, 6) is 2.38. The summed E-state index contributed by atoms with van der Waals surface area (Å²) < 4.78 is 5.74. The van der Waals surface area contributed by atoms with Gasteiger partial charge in [0.05, 0.1) is 0 Å². The highest BCUT2D eigenvalue weighted by molar-refractivity contribution is 14.0. The lowest BCUT2D eigenvalue weighted by Gasteiger charge is -2.40. The number of halogens is 1. The second kappa shape index (κ2) is 12.6. The SMILES string of the molecule is CCNC(=NCC1CCN(CC)C1)N1CCC(N(CC2CC2)C(=O)OC(C)(C)C)CC1.I. The first-order chi connectivity index (χ1) is 14.8. The van der Waals surface area contributed by atoms with E-state index in [4.69, 9.17) is 9.73 Å². The predicted molar refractivity (Wildman–Crippen MR) is 142 cm³/mol. The number of ether oxygens (including phenoxy) is 1. The van der Waals surface area contributed by atoms with E-state index in [2.05, 4.69) is 29.0 Å². The van der Waals surface area contributed by atoms with Crippen molar-refractivity contribution < 1.29 is 9.53 Å². The van der Waals surface area contributed by atoms with E-state index >= 15 is 0 Å². The van der Waals surface area contributed by atoms with Crippen molar-refractivity contribution in [1.82, 2.24) is 20.0 Å². The van der Waals surface area contributed by atoms with Gasteiger partial charge in [-0.15, -0.1) is 24.0 Å². The Kier molecular flexibility index (Phi) is 10.8. The number of aliphatic imine (C=N–C) groups is 1. The number of amides is 1. The minimum absolute atomic E-state index is 0. The van der Waals surface area contributed by atoms with Crippen molar-refractivity contribution in [3.63, 3.8) is 0 Å². The average molecular weight is 564 g/mol. The van der Waals surface area contributed by atoms with Gasteiger partial charge in [0, 0.05) is 45.3 Å². The third kappa shape index (κ3) is 8.54. The van der Waals surface area contributed by atoms with Gasteiger partial charge in [-0.25, -0.2) is 4.79 Å². The summed E-state index contributed by atoms with van der Waals surface area (Å²) in [5.41, 5.74) is -0.446. The van der Waals surface area contributed by atoms with E-state index in [0.29, 0.717) is 11.8 Å². The van der Waals surface area contributed by atoms with Gasteiger partial charge in [-0.3, -0.25) is 4.99 Å². The van der Waals surface area contributed by atoms with Gasteiger partial charge in [-0.2, -0.15) is 0 Å². The van der Waals surface area contributed by atoms with E-state index in [1.807, 2.05) is 25.7 Å². The van der Waals surface area contributed by atoms with Crippen LogP contribution in [0.4, 0.5) is 4.79 Å². The van der Waals surface area contributed by atoms with Crippen molar-refractivity contribution in [2.75, 3.05) is 52.4 Å². The Labute approximate surface area is 212 Å². The summed E-state index contributed by atoms with van der Waals surface area (Å²) >= 11 is 0. The standard InChI is InChI=1S/C24H45N5O2.HI/c1-6-25-22(26-16-20-10-13-27(7-2)17-20)28-14-11-21(12-15-28)29(18-19-8-9-19)23(30)31-24(3,4)5;/h19-21H,6-18H2,1-5H3,(H,25,26);1H. The number of hydrogen-bond donors (Lipinski definition) is 1. The van der Waals surface area contributed by atoms with E-state index in [9.17, 15) is 4.79 Å². The minimum atomic E-state index is -0.446. The molecule has 8 heteroatoms. The molecule has 0 aromatic heterocycles. The third-order valence-corrected chi connectivity index (χ3v) is 6.64. The number of nitrogens with zero attached hydrogens (tertiary/aromatic N) is 4. The lowest BCUT2D eigenvalue weighted by molar-refractivity contribution is 0.00928. The molecule has 0 bridgehead atoms. The highest BCUT2D eigenvalue weighted by atomic mass is 127. The van der Waals surface area contributed by atoms with Crippen molar-refractivity contribution in [1.29, 1.82) is 0 Å². The maximum Gasteiger partial charge on any atom is 0.410 e. The van der Waals surface area contributed by atoms with Crippen molar-refractivity contribution >= 4 is 36.0 Å². The second-order valence-corrected chi connectivity index (χ2v) is 10.5. The van der Waals surface area contributed by atoms with Crippen molar-refractivity contribution in [2.45, 2.75) is 78.4 Å². The molecule has 2 saturated heterocycles. The predicted octanol–water partition coefficient (Wildman–Crippen LogP) is 4.02. The van der Waals surface area contributed by atoms with E-state index in [0.717, 1.165) is 58.1 Å². The highest BCUT2D eigenvalue weighted by Crippen LogP contribution is 2.32. The topological polar surface area (TPSA) is 60.4 Å². The van der Waals surface area contributed by atoms with Gasteiger partial charge in [-0.05, 0) is 84.7 Å². The summed E-state index contributed by atoms with van der Waals surface area (Å²) in [6.45, 7) is 18.3. The molecule has 2 heterocycles. The van der Waals surface area contributed by atoms with Gasteiger partial charge in [0.15, 0.2) is 5.96 Å². The Balaban J connectivity index is 0.00000363. The Morgan fingerprint density at radius 3 is 2.28 bits per heavy atom. The van der Waals surface area contributed by atoms with Gasteiger partial charge in [0.25, 0.3) is 0 Å². The van der Waals surface area contributed by atoms with Crippen molar-refractivity contribution in [3.8, 4) is 0 Å². The number of piperidine rings is 1. The van der Waals surface area contributed by atoms with Crippen LogP contribution in [0.1, 0.15) is 66.7 Å². The van der Waals surface area contributed by atoms with Crippen LogP contribution in [0.15, 0.2) is 4.99 Å². The molecular weight excluding hydrogens is 517 g/mol. The normalized spacial score (nSPS) is 23.1. The Bertz CT molecular complexity index is 612. The van der Waals surface area contributed by atoms with E-state index in [1.165, 1.54) is 32.4 Å². The number of carbonyl (C=O) groups excluding carboxylic acids is 1. The molecule has 0 aromatic rings. The van der Waals surface area contributed by atoms with Crippen LogP contribution < -0.4 is 5.32 Å². The molecule has 3 rings (SSSR count). The molecule has 3 aliphatic rings. The van der Waals surface area contributed by atoms with E-state index < -0.39 is 5.60 Å². The molecule has 186 valence electrons. The summed E-state index contributed by atoms with van der Waals surface area (Å²) in [7, 11) is 0. The molecule has 1 aliphatic carbocycles. The molecule has 7 nitrogen and oxygen atoms in total. The lowest BCUT2D eigenvalue weighted by Crippen LogP contribution is -2.52. The summed E-state index contributed by atoms with van der Waals surface area (Å²) in [6.07, 6.45) is 5.55. The molecule has 1 atom stereocenters. The van der Waals surface area contributed by atoms with Crippen molar-refractivity contribution in [3.05, 3.63) is 0 Å². The fourth-order valence-electron chi connectivity index (χ4n) is 4.65. The molecule has 1 N–H and O–H groups in total. The summed E-state index contributed by atoms with van der Waals surface area (Å²) in [6, 6.07) is 0.266. The van der Waals surface area contributed by atoms with Gasteiger partial charge in [-0.1, -0.05) is 6.92 Å². The van der Waals surface area contributed by atoms with Crippen LogP contribution in [0.25, 0.3) is 0 Å². The Hall–Kier alpha value is -0.770. The largest absolute Gasteiger partial charge is 0.444 e. The molecule has 1 unspecified atom stereocenters. The third-order valence-electron chi connectivity index (χ3n) is 6.64. The van der Waals surface area contributed by atoms with Crippen molar-refractivity contribution in [2.24, 2.45) is 16.8 Å². The number of nitrogens with one attached hydrogen (secondary N) is 1. The van der Waals surface area contributed by atoms with Crippen LogP contribution in [-0.4, -0.2) is 90.8 Å². The molecule has 32 heavy (non-hydrogen) atoms. The number of hydrogen-bond acceptors (Lipinski definition) is 4. The maximum atomic E-state index is 12.9. The Morgan fingerprint density at radius 2 is 1.75 bits per heavy atom. The van der Waals surface area contributed by atoms with Gasteiger partial charge >= 0.3 is 6.09 Å². The molecule has 2 aliphatic heterocycles. The maximum absolute atomic E-state index is 12.9. The van der Waals surface area contributed by atoms with E-state index in [1.54, 1.807) is 0 Å².